The summed E-state index contributed by atoms with van der Waals surface area (Å²) in [5.74, 6) is -1.89. The lowest BCUT2D eigenvalue weighted by molar-refractivity contribution is -0.140. The minimum Gasteiger partial charge on any atom is -0.354 e. The molecular formula is C34H33Cl3FN3O4S. The Bertz CT molecular complexity index is 1740. The fraction of sp³-hybridized carbons (Fsp3) is 0.235. The Morgan fingerprint density at radius 2 is 1.48 bits per heavy atom. The van der Waals surface area contributed by atoms with Gasteiger partial charge in [-0.2, -0.15) is 0 Å². The number of amides is 2. The molecular weight excluding hydrogens is 672 g/mol. The lowest BCUT2D eigenvalue weighted by atomic mass is 10.0. The molecule has 0 saturated carbocycles. The maximum atomic E-state index is 14.5. The number of carbonyl (C=O) groups excluding carboxylic acids is 2. The number of halogens is 4. The summed E-state index contributed by atoms with van der Waals surface area (Å²) in [6, 6.07) is 23.9. The predicted octanol–water partition coefficient (Wildman–Crippen LogP) is 7.54. The minimum atomic E-state index is -4.37. The zero-order valence-corrected chi connectivity index (χ0v) is 28.1. The molecule has 12 heteroatoms. The Labute approximate surface area is 283 Å². The van der Waals surface area contributed by atoms with Crippen LogP contribution in [0.15, 0.2) is 102 Å². The zero-order chi connectivity index (χ0) is 33.3. The van der Waals surface area contributed by atoms with E-state index in [9.17, 15) is 22.4 Å². The number of carbonyl (C=O) groups is 2. The molecule has 0 saturated heterocycles. The van der Waals surface area contributed by atoms with Crippen molar-refractivity contribution in [1.29, 1.82) is 0 Å². The summed E-state index contributed by atoms with van der Waals surface area (Å²) < 4.78 is 43.1. The van der Waals surface area contributed by atoms with E-state index in [2.05, 4.69) is 5.32 Å². The normalized spacial score (nSPS) is 11.9. The minimum absolute atomic E-state index is 0.0358. The van der Waals surface area contributed by atoms with Gasteiger partial charge in [-0.15, -0.1) is 0 Å². The van der Waals surface area contributed by atoms with Crippen LogP contribution in [-0.4, -0.2) is 44.3 Å². The van der Waals surface area contributed by atoms with Crippen molar-refractivity contribution in [3.63, 3.8) is 0 Å². The molecule has 242 valence electrons. The summed E-state index contributed by atoms with van der Waals surface area (Å²) in [6.45, 7) is 1.44. The molecule has 46 heavy (non-hydrogen) atoms. The highest BCUT2D eigenvalue weighted by molar-refractivity contribution is 7.92. The van der Waals surface area contributed by atoms with E-state index in [4.69, 9.17) is 34.8 Å². The second-order valence-corrected chi connectivity index (χ2v) is 13.6. The third-order valence-electron chi connectivity index (χ3n) is 7.29. The van der Waals surface area contributed by atoms with Crippen LogP contribution in [0, 0.1) is 5.82 Å². The number of rotatable bonds is 14. The van der Waals surface area contributed by atoms with E-state index in [1.807, 2.05) is 37.3 Å². The van der Waals surface area contributed by atoms with E-state index in [1.165, 1.54) is 23.1 Å². The van der Waals surface area contributed by atoms with Crippen LogP contribution in [0.1, 0.15) is 30.9 Å². The molecule has 0 aliphatic rings. The average Bonchev–Trinajstić information content (AvgIpc) is 3.05. The standard InChI is InChI=1S/C34H33Cl3FN3O4S/c1-2-3-19-39-34(43)32(20-24-11-6-4-7-12-24)40(22-27-28(35)15-10-16-29(27)36)33(42)23-41(25-17-18-31(38)30(37)21-25)46(44,45)26-13-8-5-9-14-26/h4-18,21,32H,2-3,19-20,22-23H2,1H3,(H,39,43)/t32-/m0/s1. The van der Waals surface area contributed by atoms with Crippen molar-refractivity contribution in [1.82, 2.24) is 10.2 Å². The number of nitrogens with one attached hydrogen (secondary N) is 1. The number of hydrogen-bond donors (Lipinski definition) is 1. The first kappa shape index (κ1) is 35.2. The molecule has 0 heterocycles. The van der Waals surface area contributed by atoms with Crippen LogP contribution in [-0.2, 0) is 32.6 Å². The van der Waals surface area contributed by atoms with Gasteiger partial charge in [0, 0.05) is 35.1 Å². The van der Waals surface area contributed by atoms with E-state index >= 15 is 0 Å². The Hall–Kier alpha value is -3.63. The molecule has 4 aromatic carbocycles. The monoisotopic (exact) mass is 703 g/mol. The topological polar surface area (TPSA) is 86.8 Å². The first-order chi connectivity index (χ1) is 22.0. The second kappa shape index (κ2) is 16.3. The van der Waals surface area contributed by atoms with E-state index in [0.717, 1.165) is 34.8 Å². The smallest absolute Gasteiger partial charge is 0.264 e. The predicted molar refractivity (Wildman–Crippen MR) is 181 cm³/mol. The number of nitrogens with zero attached hydrogens (tertiary/aromatic N) is 2. The van der Waals surface area contributed by atoms with Crippen molar-refractivity contribution in [3.8, 4) is 0 Å². The van der Waals surface area contributed by atoms with Crippen LogP contribution in [0.5, 0.6) is 0 Å². The first-order valence-electron chi connectivity index (χ1n) is 14.6. The summed E-state index contributed by atoms with van der Waals surface area (Å²) in [7, 11) is -4.37. The molecule has 0 aromatic heterocycles. The maximum absolute atomic E-state index is 14.5. The molecule has 0 aliphatic carbocycles. The van der Waals surface area contributed by atoms with Crippen LogP contribution in [0.3, 0.4) is 0 Å². The molecule has 0 bridgehead atoms. The maximum Gasteiger partial charge on any atom is 0.264 e. The molecule has 4 aromatic rings. The molecule has 0 aliphatic heterocycles. The third-order valence-corrected chi connectivity index (χ3v) is 10.1. The van der Waals surface area contributed by atoms with E-state index < -0.39 is 40.2 Å². The lowest BCUT2D eigenvalue weighted by Gasteiger charge is -2.34. The summed E-state index contributed by atoms with van der Waals surface area (Å²) >= 11 is 19.1. The van der Waals surface area contributed by atoms with Gasteiger partial charge < -0.3 is 10.2 Å². The Balaban J connectivity index is 1.83. The summed E-state index contributed by atoms with van der Waals surface area (Å²) in [5.41, 5.74) is 1.13. The highest BCUT2D eigenvalue weighted by Crippen LogP contribution is 2.30. The lowest BCUT2D eigenvalue weighted by Crippen LogP contribution is -2.53. The Kier molecular flexibility index (Phi) is 12.5. The van der Waals surface area contributed by atoms with Gasteiger partial charge in [0.15, 0.2) is 0 Å². The van der Waals surface area contributed by atoms with Crippen LogP contribution in [0.25, 0.3) is 0 Å². The van der Waals surface area contributed by atoms with Gasteiger partial charge in [-0.3, -0.25) is 13.9 Å². The Morgan fingerprint density at radius 3 is 2.09 bits per heavy atom. The zero-order valence-electron chi connectivity index (χ0n) is 25.0. The van der Waals surface area contributed by atoms with Gasteiger partial charge in [0.1, 0.15) is 18.4 Å². The first-order valence-corrected chi connectivity index (χ1v) is 17.2. The second-order valence-electron chi connectivity index (χ2n) is 10.5. The van der Waals surface area contributed by atoms with Crippen molar-refractivity contribution in [2.24, 2.45) is 0 Å². The SMILES string of the molecule is CCCCNC(=O)[C@H](Cc1ccccc1)N(Cc1c(Cl)cccc1Cl)C(=O)CN(c1ccc(F)c(Cl)c1)S(=O)(=O)c1ccccc1. The van der Waals surface area contributed by atoms with Crippen LogP contribution < -0.4 is 9.62 Å². The summed E-state index contributed by atoms with van der Waals surface area (Å²) in [6.07, 6.45) is 1.69. The van der Waals surface area contributed by atoms with Gasteiger partial charge in [-0.1, -0.05) is 103 Å². The third kappa shape index (κ3) is 8.79. The van der Waals surface area contributed by atoms with Crippen molar-refractivity contribution in [2.75, 3.05) is 17.4 Å². The van der Waals surface area contributed by atoms with Crippen molar-refractivity contribution in [3.05, 3.63) is 129 Å². The number of sulfonamides is 1. The van der Waals surface area contributed by atoms with Gasteiger partial charge in [0.25, 0.3) is 10.0 Å². The number of anilines is 1. The summed E-state index contributed by atoms with van der Waals surface area (Å²) in [5, 5.41) is 3.14. The highest BCUT2D eigenvalue weighted by Gasteiger charge is 2.35. The van der Waals surface area contributed by atoms with Crippen LogP contribution >= 0.6 is 34.8 Å². The largest absolute Gasteiger partial charge is 0.354 e. The molecule has 1 N–H and O–H groups in total. The van der Waals surface area contributed by atoms with E-state index in [-0.39, 0.29) is 38.6 Å². The number of benzene rings is 4. The van der Waals surface area contributed by atoms with Crippen LogP contribution in [0.4, 0.5) is 10.1 Å². The molecule has 0 radical (unpaired) electrons. The molecule has 0 unspecified atom stereocenters. The average molecular weight is 705 g/mol. The fourth-order valence-corrected chi connectivity index (χ4v) is 6.92. The van der Waals surface area contributed by atoms with E-state index in [0.29, 0.717) is 12.1 Å². The molecule has 0 fully saturated rings. The Morgan fingerprint density at radius 1 is 0.848 bits per heavy atom. The van der Waals surface area contributed by atoms with Gasteiger partial charge in [-0.25, -0.2) is 12.8 Å². The van der Waals surface area contributed by atoms with E-state index in [1.54, 1.807) is 36.4 Å². The fourth-order valence-electron chi connectivity index (χ4n) is 4.80. The quantitative estimate of drug-likeness (QED) is 0.138. The highest BCUT2D eigenvalue weighted by atomic mass is 35.5. The molecule has 4 rings (SSSR count). The summed E-state index contributed by atoms with van der Waals surface area (Å²) in [4.78, 5) is 29.5. The van der Waals surface area contributed by atoms with Gasteiger partial charge in [-0.05, 0) is 54.4 Å². The van der Waals surface area contributed by atoms with Gasteiger partial charge >= 0.3 is 0 Å². The molecule has 7 nitrogen and oxygen atoms in total. The molecule has 1 atom stereocenters. The van der Waals surface area contributed by atoms with Gasteiger partial charge in [0.2, 0.25) is 11.8 Å². The molecule has 0 spiro atoms. The van der Waals surface area contributed by atoms with Crippen molar-refractivity contribution >= 4 is 62.3 Å². The van der Waals surface area contributed by atoms with Gasteiger partial charge in [0.05, 0.1) is 15.6 Å². The number of unbranched alkanes of at least 4 members (excludes halogenated alkanes) is 1. The number of hydrogen-bond acceptors (Lipinski definition) is 4. The molecule has 2 amide bonds. The van der Waals surface area contributed by atoms with Crippen LogP contribution in [0.2, 0.25) is 15.1 Å². The van der Waals surface area contributed by atoms with Crippen molar-refractivity contribution in [2.45, 2.75) is 43.7 Å². The van der Waals surface area contributed by atoms with Crippen molar-refractivity contribution < 1.29 is 22.4 Å².